The number of nitriles is 4. The average Bonchev–Trinajstić information content (AvgIpc) is 2.75. The van der Waals surface area contributed by atoms with Gasteiger partial charge in [0.2, 0.25) is 0 Å². The summed E-state index contributed by atoms with van der Waals surface area (Å²) in [7, 11) is 0. The van der Waals surface area contributed by atoms with Crippen molar-refractivity contribution in [2.24, 2.45) is 0 Å². The van der Waals surface area contributed by atoms with Gasteiger partial charge in [-0.1, -0.05) is 36.4 Å². The van der Waals surface area contributed by atoms with Gasteiger partial charge in [0.05, 0.1) is 46.5 Å². The number of rotatable bonds is 0. The minimum absolute atomic E-state index is 0.413. The first-order valence-corrected chi connectivity index (χ1v) is 8.54. The highest BCUT2D eigenvalue weighted by Gasteiger charge is 2.21. The van der Waals surface area contributed by atoms with E-state index in [2.05, 4.69) is 24.3 Å². The molecule has 5 rings (SSSR count). The molecule has 0 spiro atoms. The SMILES string of the molecule is N#Cc1cc(C#N)c2c3cccc4c(C#N)cc(C#N)c(c5cccc1c52)c43. The van der Waals surface area contributed by atoms with Crippen LogP contribution in [0.2, 0.25) is 0 Å². The van der Waals surface area contributed by atoms with Gasteiger partial charge in [0, 0.05) is 32.3 Å². The summed E-state index contributed by atoms with van der Waals surface area (Å²) in [5.74, 6) is 0. The Hall–Kier alpha value is -4.64. The summed E-state index contributed by atoms with van der Waals surface area (Å²) < 4.78 is 0. The van der Waals surface area contributed by atoms with Crippen molar-refractivity contribution in [2.45, 2.75) is 0 Å². The Bertz CT molecular complexity index is 1520. The fourth-order valence-corrected chi connectivity index (χ4v) is 4.29. The Balaban J connectivity index is 2.31. The maximum Gasteiger partial charge on any atom is 0.0998 e. The second kappa shape index (κ2) is 5.43. The highest BCUT2D eigenvalue weighted by Crippen LogP contribution is 2.44. The molecule has 0 saturated carbocycles. The third-order valence-electron chi connectivity index (χ3n) is 5.35. The van der Waals surface area contributed by atoms with Crippen LogP contribution in [0.4, 0.5) is 0 Å². The molecule has 0 fully saturated rings. The molecule has 0 unspecified atom stereocenters. The Morgan fingerprint density at radius 2 is 0.786 bits per heavy atom. The van der Waals surface area contributed by atoms with Crippen LogP contribution >= 0.6 is 0 Å². The molecular weight excluding hydrogens is 344 g/mol. The lowest BCUT2D eigenvalue weighted by Gasteiger charge is -2.17. The number of nitrogens with zero attached hydrogens (tertiary/aromatic N) is 4. The largest absolute Gasteiger partial charge is 0.192 e. The van der Waals surface area contributed by atoms with Gasteiger partial charge in [-0.15, -0.1) is 0 Å². The molecule has 28 heavy (non-hydrogen) atoms. The Morgan fingerprint density at radius 3 is 1.14 bits per heavy atom. The Morgan fingerprint density at radius 1 is 0.429 bits per heavy atom. The minimum atomic E-state index is 0.413. The van der Waals surface area contributed by atoms with Crippen LogP contribution in [-0.2, 0) is 0 Å². The molecule has 0 heterocycles. The van der Waals surface area contributed by atoms with Gasteiger partial charge in [0.15, 0.2) is 0 Å². The number of hydrogen-bond donors (Lipinski definition) is 0. The molecule has 0 aliphatic heterocycles. The van der Waals surface area contributed by atoms with E-state index in [4.69, 9.17) is 0 Å². The predicted octanol–water partition coefficient (Wildman–Crippen LogP) is 5.22. The zero-order valence-corrected chi connectivity index (χ0v) is 14.4. The molecular formula is C24H8N4. The molecule has 0 amide bonds. The average molecular weight is 352 g/mol. The third kappa shape index (κ3) is 1.74. The predicted molar refractivity (Wildman–Crippen MR) is 107 cm³/mol. The summed E-state index contributed by atoms with van der Waals surface area (Å²) in [5.41, 5.74) is 1.69. The number of hydrogen-bond acceptors (Lipinski definition) is 4. The van der Waals surface area contributed by atoms with Crippen LogP contribution in [0.15, 0.2) is 48.5 Å². The zero-order valence-electron chi connectivity index (χ0n) is 14.4. The fraction of sp³-hybridized carbons (Fsp3) is 0. The van der Waals surface area contributed by atoms with Gasteiger partial charge in [0.25, 0.3) is 0 Å². The van der Waals surface area contributed by atoms with Crippen molar-refractivity contribution < 1.29 is 0 Å². The van der Waals surface area contributed by atoms with E-state index in [1.54, 1.807) is 12.1 Å². The number of fused-ring (bicyclic) bond motifs is 2. The van der Waals surface area contributed by atoms with Crippen molar-refractivity contribution in [3.05, 3.63) is 70.8 Å². The summed E-state index contributed by atoms with van der Waals surface area (Å²) in [4.78, 5) is 0. The van der Waals surface area contributed by atoms with Crippen LogP contribution in [0.25, 0.3) is 43.1 Å². The summed E-state index contributed by atoms with van der Waals surface area (Å²) in [6.45, 7) is 0. The van der Waals surface area contributed by atoms with E-state index in [0.717, 1.165) is 43.1 Å². The van der Waals surface area contributed by atoms with Crippen molar-refractivity contribution >= 4 is 43.1 Å². The first-order chi connectivity index (χ1) is 13.7. The van der Waals surface area contributed by atoms with Crippen LogP contribution < -0.4 is 0 Å². The van der Waals surface area contributed by atoms with E-state index in [1.165, 1.54) is 0 Å². The van der Waals surface area contributed by atoms with Crippen molar-refractivity contribution in [3.8, 4) is 24.3 Å². The summed E-state index contributed by atoms with van der Waals surface area (Å²) in [5, 5.41) is 45.0. The molecule has 0 aliphatic carbocycles. The topological polar surface area (TPSA) is 95.2 Å². The summed E-state index contributed by atoms with van der Waals surface area (Å²) in [6.07, 6.45) is 0. The van der Waals surface area contributed by atoms with Crippen molar-refractivity contribution in [1.29, 1.82) is 21.0 Å². The quantitative estimate of drug-likeness (QED) is 0.282. The first kappa shape index (κ1) is 15.6. The molecule has 0 radical (unpaired) electrons. The lowest BCUT2D eigenvalue weighted by molar-refractivity contribution is 1.48. The fourth-order valence-electron chi connectivity index (χ4n) is 4.29. The smallest absolute Gasteiger partial charge is 0.0998 e. The molecule has 5 aromatic rings. The van der Waals surface area contributed by atoms with E-state index in [0.29, 0.717) is 22.3 Å². The van der Waals surface area contributed by atoms with Gasteiger partial charge in [-0.05, 0) is 22.9 Å². The molecule has 0 atom stereocenters. The van der Waals surface area contributed by atoms with Crippen LogP contribution in [0, 0.1) is 45.3 Å². The van der Waals surface area contributed by atoms with Crippen molar-refractivity contribution in [1.82, 2.24) is 0 Å². The van der Waals surface area contributed by atoms with Crippen LogP contribution in [0.5, 0.6) is 0 Å². The summed E-state index contributed by atoms with van der Waals surface area (Å²) in [6, 6.07) is 23.3. The van der Waals surface area contributed by atoms with Crippen molar-refractivity contribution in [3.63, 3.8) is 0 Å². The normalized spacial score (nSPS) is 10.7. The minimum Gasteiger partial charge on any atom is -0.192 e. The van der Waals surface area contributed by atoms with Crippen molar-refractivity contribution in [2.75, 3.05) is 0 Å². The molecule has 0 aliphatic rings. The molecule has 0 aromatic heterocycles. The van der Waals surface area contributed by atoms with Gasteiger partial charge in [-0.25, -0.2) is 0 Å². The number of benzene rings is 5. The molecule has 0 bridgehead atoms. The van der Waals surface area contributed by atoms with E-state index in [9.17, 15) is 21.0 Å². The third-order valence-corrected chi connectivity index (χ3v) is 5.35. The lowest BCUT2D eigenvalue weighted by Crippen LogP contribution is -1.95. The Labute approximate surface area is 159 Å². The Kier molecular flexibility index (Phi) is 3.02. The molecule has 4 heteroatoms. The molecule has 4 nitrogen and oxygen atoms in total. The van der Waals surface area contributed by atoms with Gasteiger partial charge in [0.1, 0.15) is 0 Å². The second-order valence-electron chi connectivity index (χ2n) is 6.60. The van der Waals surface area contributed by atoms with Gasteiger partial charge in [-0.3, -0.25) is 0 Å². The second-order valence-corrected chi connectivity index (χ2v) is 6.60. The van der Waals surface area contributed by atoms with Gasteiger partial charge in [-0.2, -0.15) is 21.0 Å². The highest BCUT2D eigenvalue weighted by molar-refractivity contribution is 6.35. The van der Waals surface area contributed by atoms with E-state index in [-0.39, 0.29) is 0 Å². The van der Waals surface area contributed by atoms with Gasteiger partial charge < -0.3 is 0 Å². The zero-order chi connectivity index (χ0) is 19.4. The van der Waals surface area contributed by atoms with E-state index >= 15 is 0 Å². The maximum absolute atomic E-state index is 9.78. The van der Waals surface area contributed by atoms with E-state index < -0.39 is 0 Å². The molecule has 0 N–H and O–H groups in total. The van der Waals surface area contributed by atoms with Crippen LogP contribution in [0.3, 0.4) is 0 Å². The van der Waals surface area contributed by atoms with Crippen LogP contribution in [-0.4, -0.2) is 0 Å². The molecule has 5 aromatic carbocycles. The standard InChI is InChI=1S/C24H8N4/c25-9-13-7-16(12-28)22-20-6-2-4-18-14(10-26)8-15(11-27)21(24(18)20)19-5-1-3-17(13)23(19)22/h1-8H. The summed E-state index contributed by atoms with van der Waals surface area (Å²) >= 11 is 0. The van der Waals surface area contributed by atoms with Gasteiger partial charge >= 0.3 is 0 Å². The maximum atomic E-state index is 9.78. The van der Waals surface area contributed by atoms with Crippen LogP contribution in [0.1, 0.15) is 22.3 Å². The molecule has 0 saturated heterocycles. The van der Waals surface area contributed by atoms with E-state index in [1.807, 2.05) is 36.4 Å². The lowest BCUT2D eigenvalue weighted by atomic mass is 9.84. The highest BCUT2D eigenvalue weighted by atomic mass is 14.3. The monoisotopic (exact) mass is 352 g/mol. The first-order valence-electron chi connectivity index (χ1n) is 8.54. The molecule has 124 valence electrons.